The second kappa shape index (κ2) is 6.19. The first-order valence-electron chi connectivity index (χ1n) is 7.15. The summed E-state index contributed by atoms with van der Waals surface area (Å²) < 4.78 is 5.64. The van der Waals surface area contributed by atoms with Crippen LogP contribution in [0, 0.1) is 5.41 Å². The molecule has 0 bridgehead atoms. The molecule has 0 saturated carbocycles. The first-order valence-corrected chi connectivity index (χ1v) is 7.15. The smallest absolute Gasteiger partial charge is 0.0576 e. The molecule has 2 heteroatoms. The topological polar surface area (TPSA) is 21.3 Å². The summed E-state index contributed by atoms with van der Waals surface area (Å²) in [6, 6.07) is 0. The Kier molecular flexibility index (Phi) is 5.46. The van der Waals surface area contributed by atoms with Crippen LogP contribution in [0.25, 0.3) is 0 Å². The lowest BCUT2D eigenvalue weighted by Crippen LogP contribution is -2.42. The molecule has 102 valence electrons. The molecule has 1 rings (SSSR count). The van der Waals surface area contributed by atoms with E-state index >= 15 is 0 Å². The van der Waals surface area contributed by atoms with Crippen molar-refractivity contribution in [1.29, 1.82) is 0 Å². The van der Waals surface area contributed by atoms with Crippen LogP contribution in [-0.4, -0.2) is 24.8 Å². The molecule has 0 aromatic heterocycles. The molecular weight excluding hydrogens is 210 g/mol. The van der Waals surface area contributed by atoms with Gasteiger partial charge in [0.1, 0.15) is 0 Å². The predicted octanol–water partition coefficient (Wildman–Crippen LogP) is 3.75. The molecule has 0 amide bonds. The van der Waals surface area contributed by atoms with E-state index in [9.17, 15) is 0 Å². The Morgan fingerprint density at radius 3 is 2.41 bits per heavy atom. The molecule has 1 unspecified atom stereocenters. The molecule has 0 radical (unpaired) electrons. The molecule has 1 heterocycles. The molecule has 1 aliphatic heterocycles. The first-order chi connectivity index (χ1) is 7.79. The highest BCUT2D eigenvalue weighted by Crippen LogP contribution is 2.26. The molecule has 0 aliphatic carbocycles. The van der Waals surface area contributed by atoms with Gasteiger partial charge in [0.25, 0.3) is 0 Å². The predicted molar refractivity (Wildman–Crippen MR) is 74.4 cm³/mol. The summed E-state index contributed by atoms with van der Waals surface area (Å²) in [4.78, 5) is 0. The SMILES string of the molecule is CC(C)(C)CC(C)(C)NCCCC1CCCO1. The molecule has 1 atom stereocenters. The fourth-order valence-electron chi connectivity index (χ4n) is 3.02. The van der Waals surface area contributed by atoms with Crippen molar-refractivity contribution >= 4 is 0 Å². The van der Waals surface area contributed by atoms with Crippen LogP contribution >= 0.6 is 0 Å². The van der Waals surface area contributed by atoms with Crippen molar-refractivity contribution in [3.8, 4) is 0 Å². The maximum absolute atomic E-state index is 5.64. The van der Waals surface area contributed by atoms with E-state index in [4.69, 9.17) is 4.74 Å². The fourth-order valence-corrected chi connectivity index (χ4v) is 3.02. The van der Waals surface area contributed by atoms with E-state index in [1.54, 1.807) is 0 Å². The number of hydrogen-bond donors (Lipinski definition) is 1. The second-order valence-electron chi connectivity index (χ2n) is 7.33. The van der Waals surface area contributed by atoms with Crippen molar-refractivity contribution in [1.82, 2.24) is 5.32 Å². The van der Waals surface area contributed by atoms with Crippen molar-refractivity contribution in [2.75, 3.05) is 13.2 Å². The summed E-state index contributed by atoms with van der Waals surface area (Å²) in [6.45, 7) is 13.6. The maximum atomic E-state index is 5.64. The van der Waals surface area contributed by atoms with Gasteiger partial charge in [-0.15, -0.1) is 0 Å². The van der Waals surface area contributed by atoms with Crippen LogP contribution in [0.4, 0.5) is 0 Å². The van der Waals surface area contributed by atoms with E-state index in [-0.39, 0.29) is 5.54 Å². The summed E-state index contributed by atoms with van der Waals surface area (Å²) in [6.07, 6.45) is 6.73. The van der Waals surface area contributed by atoms with Gasteiger partial charge in [-0.25, -0.2) is 0 Å². The van der Waals surface area contributed by atoms with Gasteiger partial charge in [-0.2, -0.15) is 0 Å². The normalized spacial score (nSPS) is 22.1. The molecular formula is C15H31NO. The lowest BCUT2D eigenvalue weighted by molar-refractivity contribution is 0.101. The van der Waals surface area contributed by atoms with E-state index < -0.39 is 0 Å². The Hall–Kier alpha value is -0.0800. The Balaban J connectivity index is 2.11. The van der Waals surface area contributed by atoms with E-state index in [0.29, 0.717) is 11.5 Å². The molecule has 1 fully saturated rings. The zero-order valence-corrected chi connectivity index (χ0v) is 12.4. The van der Waals surface area contributed by atoms with Gasteiger partial charge in [-0.1, -0.05) is 20.8 Å². The van der Waals surface area contributed by atoms with Gasteiger partial charge >= 0.3 is 0 Å². The summed E-state index contributed by atoms with van der Waals surface area (Å²) in [5, 5.41) is 3.68. The van der Waals surface area contributed by atoms with Crippen LogP contribution in [0.3, 0.4) is 0 Å². The largest absolute Gasteiger partial charge is 0.378 e. The van der Waals surface area contributed by atoms with Crippen LogP contribution in [0.2, 0.25) is 0 Å². The molecule has 17 heavy (non-hydrogen) atoms. The van der Waals surface area contributed by atoms with Gasteiger partial charge < -0.3 is 10.1 Å². The minimum Gasteiger partial charge on any atom is -0.378 e. The zero-order chi connectivity index (χ0) is 12.9. The van der Waals surface area contributed by atoms with Gasteiger partial charge in [0.05, 0.1) is 6.10 Å². The molecule has 1 saturated heterocycles. The molecule has 1 aliphatic rings. The van der Waals surface area contributed by atoms with Crippen molar-refractivity contribution in [3.63, 3.8) is 0 Å². The van der Waals surface area contributed by atoms with Crippen LogP contribution < -0.4 is 5.32 Å². The lowest BCUT2D eigenvalue weighted by atomic mass is 9.82. The number of hydrogen-bond acceptors (Lipinski definition) is 2. The maximum Gasteiger partial charge on any atom is 0.0576 e. The molecule has 2 nitrogen and oxygen atoms in total. The highest BCUT2D eigenvalue weighted by Gasteiger charge is 2.24. The van der Waals surface area contributed by atoms with E-state index in [1.165, 1.54) is 32.1 Å². The molecule has 0 aromatic rings. The molecule has 0 spiro atoms. The van der Waals surface area contributed by atoms with Gasteiger partial charge in [-0.05, 0) is 57.9 Å². The van der Waals surface area contributed by atoms with Crippen molar-refractivity contribution in [3.05, 3.63) is 0 Å². The fraction of sp³-hybridized carbons (Fsp3) is 1.00. The molecule has 1 N–H and O–H groups in total. The van der Waals surface area contributed by atoms with Crippen LogP contribution in [0.5, 0.6) is 0 Å². The van der Waals surface area contributed by atoms with Crippen molar-refractivity contribution in [2.24, 2.45) is 5.41 Å². The van der Waals surface area contributed by atoms with Crippen LogP contribution in [0.15, 0.2) is 0 Å². The van der Waals surface area contributed by atoms with Gasteiger partial charge in [0.15, 0.2) is 0 Å². The number of rotatable bonds is 6. The van der Waals surface area contributed by atoms with Crippen LogP contribution in [0.1, 0.15) is 66.7 Å². The zero-order valence-electron chi connectivity index (χ0n) is 12.4. The van der Waals surface area contributed by atoms with E-state index in [0.717, 1.165) is 13.2 Å². The van der Waals surface area contributed by atoms with E-state index in [1.807, 2.05) is 0 Å². The monoisotopic (exact) mass is 241 g/mol. The van der Waals surface area contributed by atoms with E-state index in [2.05, 4.69) is 39.9 Å². The van der Waals surface area contributed by atoms with Crippen LogP contribution in [-0.2, 0) is 4.74 Å². The minimum atomic E-state index is 0.245. The first kappa shape index (κ1) is 15.0. The molecule has 0 aromatic carbocycles. The summed E-state index contributed by atoms with van der Waals surface area (Å²) in [7, 11) is 0. The highest BCUT2D eigenvalue weighted by molar-refractivity contribution is 4.83. The summed E-state index contributed by atoms with van der Waals surface area (Å²) in [5.74, 6) is 0. The average molecular weight is 241 g/mol. The summed E-state index contributed by atoms with van der Waals surface area (Å²) in [5.41, 5.74) is 0.639. The van der Waals surface area contributed by atoms with Crippen molar-refractivity contribution in [2.45, 2.75) is 78.4 Å². The second-order valence-corrected chi connectivity index (χ2v) is 7.33. The number of ether oxygens (including phenoxy) is 1. The quantitative estimate of drug-likeness (QED) is 0.715. The average Bonchev–Trinajstić information content (AvgIpc) is 2.60. The minimum absolute atomic E-state index is 0.245. The van der Waals surface area contributed by atoms with Gasteiger partial charge in [0, 0.05) is 12.1 Å². The van der Waals surface area contributed by atoms with Gasteiger partial charge in [-0.3, -0.25) is 0 Å². The lowest BCUT2D eigenvalue weighted by Gasteiger charge is -2.33. The third-order valence-electron chi connectivity index (χ3n) is 3.30. The Morgan fingerprint density at radius 2 is 1.88 bits per heavy atom. The third-order valence-corrected chi connectivity index (χ3v) is 3.30. The van der Waals surface area contributed by atoms with Gasteiger partial charge in [0.2, 0.25) is 0 Å². The number of nitrogens with one attached hydrogen (secondary N) is 1. The Bertz CT molecular complexity index is 211. The highest BCUT2D eigenvalue weighted by atomic mass is 16.5. The van der Waals surface area contributed by atoms with Crippen molar-refractivity contribution < 1.29 is 4.74 Å². The Labute approximate surface area is 108 Å². The standard InChI is InChI=1S/C15H31NO/c1-14(2,3)12-15(4,5)16-10-6-8-13-9-7-11-17-13/h13,16H,6-12H2,1-5H3. The summed E-state index contributed by atoms with van der Waals surface area (Å²) >= 11 is 0. The Morgan fingerprint density at radius 1 is 1.18 bits per heavy atom. The third kappa shape index (κ3) is 7.05.